The van der Waals surface area contributed by atoms with Gasteiger partial charge in [-0.25, -0.2) is 0 Å². The largest absolute Gasteiger partial charge is 0.0654 e. The van der Waals surface area contributed by atoms with E-state index in [4.69, 9.17) is 0 Å². The lowest BCUT2D eigenvalue weighted by Crippen LogP contribution is -1.76. The standard InChI is InChI=1S/C9H20.C8H10/c1-3-5-7-9-8-6-4-2;1-2-8-6-4-3-5-7-8/h3-9H2,1-2H3;3-7H,2H2,1H3. The van der Waals surface area contributed by atoms with Crippen molar-refractivity contribution in [1.82, 2.24) is 0 Å². The van der Waals surface area contributed by atoms with Gasteiger partial charge in [0.25, 0.3) is 0 Å². The lowest BCUT2D eigenvalue weighted by atomic mass is 10.1. The zero-order chi connectivity index (χ0) is 12.8. The van der Waals surface area contributed by atoms with Crippen LogP contribution in [0.1, 0.15) is 71.3 Å². The van der Waals surface area contributed by atoms with E-state index in [0.29, 0.717) is 0 Å². The van der Waals surface area contributed by atoms with Crippen LogP contribution in [0, 0.1) is 0 Å². The molecule has 0 aliphatic heterocycles. The Morgan fingerprint density at radius 3 is 1.47 bits per heavy atom. The van der Waals surface area contributed by atoms with E-state index < -0.39 is 0 Å². The maximum Gasteiger partial charge on any atom is -0.0307 e. The van der Waals surface area contributed by atoms with Gasteiger partial charge in [-0.15, -0.1) is 0 Å². The van der Waals surface area contributed by atoms with Crippen molar-refractivity contribution >= 4 is 0 Å². The lowest BCUT2D eigenvalue weighted by molar-refractivity contribution is 0.602. The van der Waals surface area contributed by atoms with Gasteiger partial charge >= 0.3 is 0 Å². The van der Waals surface area contributed by atoms with E-state index in [1.54, 1.807) is 0 Å². The Labute approximate surface area is 108 Å². The normalized spacial score (nSPS) is 9.59. The molecule has 1 aromatic carbocycles. The maximum absolute atomic E-state index is 2.26. The van der Waals surface area contributed by atoms with Crippen molar-refractivity contribution in [1.29, 1.82) is 0 Å². The van der Waals surface area contributed by atoms with E-state index in [1.165, 1.54) is 50.5 Å². The molecule has 0 nitrogen and oxygen atoms in total. The lowest BCUT2D eigenvalue weighted by Gasteiger charge is -1.96. The second kappa shape index (κ2) is 13.3. The molecule has 0 heteroatoms. The van der Waals surface area contributed by atoms with Crippen LogP contribution in [0.15, 0.2) is 30.3 Å². The van der Waals surface area contributed by atoms with E-state index >= 15 is 0 Å². The van der Waals surface area contributed by atoms with Gasteiger partial charge in [-0.1, -0.05) is 96.0 Å². The van der Waals surface area contributed by atoms with Crippen LogP contribution in [-0.2, 0) is 6.42 Å². The van der Waals surface area contributed by atoms with Crippen molar-refractivity contribution in [3.8, 4) is 0 Å². The highest BCUT2D eigenvalue weighted by Gasteiger charge is 1.85. The number of hydrogen-bond acceptors (Lipinski definition) is 0. The van der Waals surface area contributed by atoms with Crippen molar-refractivity contribution in [2.24, 2.45) is 0 Å². The van der Waals surface area contributed by atoms with Crippen LogP contribution in [0.3, 0.4) is 0 Å². The van der Waals surface area contributed by atoms with Gasteiger partial charge in [0.15, 0.2) is 0 Å². The average Bonchev–Trinajstić information content (AvgIpc) is 2.40. The molecule has 0 aliphatic carbocycles. The van der Waals surface area contributed by atoms with Crippen LogP contribution in [0.25, 0.3) is 0 Å². The van der Waals surface area contributed by atoms with Crippen molar-refractivity contribution in [2.45, 2.75) is 72.1 Å². The topological polar surface area (TPSA) is 0 Å². The number of hydrogen-bond donors (Lipinski definition) is 0. The minimum absolute atomic E-state index is 1.14. The molecule has 0 spiro atoms. The van der Waals surface area contributed by atoms with Gasteiger partial charge < -0.3 is 0 Å². The summed E-state index contributed by atoms with van der Waals surface area (Å²) in [4.78, 5) is 0. The monoisotopic (exact) mass is 234 g/mol. The molecular weight excluding hydrogens is 204 g/mol. The molecule has 0 atom stereocenters. The predicted molar refractivity (Wildman–Crippen MR) is 79.5 cm³/mol. The van der Waals surface area contributed by atoms with E-state index in [9.17, 15) is 0 Å². The molecular formula is C17H30. The Hall–Kier alpha value is -0.780. The summed E-state index contributed by atoms with van der Waals surface area (Å²) in [5.41, 5.74) is 1.41. The first-order valence-corrected chi connectivity index (χ1v) is 7.39. The Morgan fingerprint density at radius 1 is 0.647 bits per heavy atom. The molecule has 0 aromatic heterocycles. The molecule has 0 saturated carbocycles. The highest BCUT2D eigenvalue weighted by atomic mass is 13.9. The number of unbranched alkanes of at least 4 members (excludes halogenated alkanes) is 6. The Kier molecular flexibility index (Phi) is 12.7. The van der Waals surface area contributed by atoms with Crippen LogP contribution in [0.5, 0.6) is 0 Å². The molecule has 0 saturated heterocycles. The summed E-state index contributed by atoms with van der Waals surface area (Å²) in [6.45, 7) is 6.69. The van der Waals surface area contributed by atoms with Gasteiger partial charge in [-0.05, 0) is 12.0 Å². The smallest absolute Gasteiger partial charge is 0.0307 e. The molecule has 0 radical (unpaired) electrons. The van der Waals surface area contributed by atoms with Gasteiger partial charge in [0.2, 0.25) is 0 Å². The third-order valence-electron chi connectivity index (χ3n) is 2.96. The molecule has 0 heterocycles. The van der Waals surface area contributed by atoms with Crippen LogP contribution in [0.4, 0.5) is 0 Å². The van der Waals surface area contributed by atoms with Gasteiger partial charge in [-0.2, -0.15) is 0 Å². The van der Waals surface area contributed by atoms with E-state index in [2.05, 4.69) is 45.0 Å². The first kappa shape index (κ1) is 16.2. The van der Waals surface area contributed by atoms with Crippen molar-refractivity contribution in [2.75, 3.05) is 0 Å². The fourth-order valence-electron chi connectivity index (χ4n) is 1.74. The third kappa shape index (κ3) is 11.5. The van der Waals surface area contributed by atoms with Gasteiger partial charge in [0, 0.05) is 0 Å². The fraction of sp³-hybridized carbons (Fsp3) is 0.647. The average molecular weight is 234 g/mol. The molecule has 0 amide bonds. The molecule has 0 unspecified atom stereocenters. The van der Waals surface area contributed by atoms with Gasteiger partial charge in [0.05, 0.1) is 0 Å². The third-order valence-corrected chi connectivity index (χ3v) is 2.96. The van der Waals surface area contributed by atoms with E-state index in [1.807, 2.05) is 6.07 Å². The number of rotatable bonds is 7. The van der Waals surface area contributed by atoms with Gasteiger partial charge in [-0.3, -0.25) is 0 Å². The Morgan fingerprint density at radius 2 is 1.12 bits per heavy atom. The second-order valence-electron chi connectivity index (χ2n) is 4.61. The summed E-state index contributed by atoms with van der Waals surface area (Å²) < 4.78 is 0. The minimum atomic E-state index is 1.14. The Bertz CT molecular complexity index is 219. The van der Waals surface area contributed by atoms with Crippen molar-refractivity contribution in [3.63, 3.8) is 0 Å². The zero-order valence-corrected chi connectivity index (χ0v) is 12.0. The molecule has 0 bridgehead atoms. The van der Waals surface area contributed by atoms with E-state index in [-0.39, 0.29) is 0 Å². The SMILES string of the molecule is CCCCCCCCC.CCc1ccccc1. The zero-order valence-electron chi connectivity index (χ0n) is 12.0. The quantitative estimate of drug-likeness (QED) is 0.507. The summed E-state index contributed by atoms with van der Waals surface area (Å²) in [6, 6.07) is 10.5. The first-order chi connectivity index (χ1) is 8.35. The summed E-state index contributed by atoms with van der Waals surface area (Å²) in [7, 11) is 0. The fourth-order valence-corrected chi connectivity index (χ4v) is 1.74. The number of aryl methyl sites for hydroxylation is 1. The summed E-state index contributed by atoms with van der Waals surface area (Å²) in [5.74, 6) is 0. The number of benzene rings is 1. The van der Waals surface area contributed by atoms with Crippen LogP contribution < -0.4 is 0 Å². The summed E-state index contributed by atoms with van der Waals surface area (Å²) in [5, 5.41) is 0. The minimum Gasteiger partial charge on any atom is -0.0654 e. The van der Waals surface area contributed by atoms with Gasteiger partial charge in [0.1, 0.15) is 0 Å². The van der Waals surface area contributed by atoms with Crippen LogP contribution in [0.2, 0.25) is 0 Å². The second-order valence-corrected chi connectivity index (χ2v) is 4.61. The maximum atomic E-state index is 2.26. The van der Waals surface area contributed by atoms with Crippen molar-refractivity contribution < 1.29 is 0 Å². The predicted octanol–water partition coefficient (Wildman–Crippen LogP) is 6.01. The summed E-state index contributed by atoms with van der Waals surface area (Å²) >= 11 is 0. The van der Waals surface area contributed by atoms with Crippen molar-refractivity contribution in [3.05, 3.63) is 35.9 Å². The molecule has 0 N–H and O–H groups in total. The molecule has 0 fully saturated rings. The molecule has 1 rings (SSSR count). The van der Waals surface area contributed by atoms with E-state index in [0.717, 1.165) is 6.42 Å². The molecule has 98 valence electrons. The van der Waals surface area contributed by atoms with Crippen LogP contribution >= 0.6 is 0 Å². The highest BCUT2D eigenvalue weighted by Crippen LogP contribution is 2.05. The molecule has 0 aliphatic rings. The Balaban J connectivity index is 0.000000302. The van der Waals surface area contributed by atoms with Crippen LogP contribution in [-0.4, -0.2) is 0 Å². The molecule has 1 aromatic rings. The first-order valence-electron chi connectivity index (χ1n) is 7.39. The molecule has 17 heavy (non-hydrogen) atoms. The summed E-state index contributed by atoms with van der Waals surface area (Å²) in [6.07, 6.45) is 11.1. The highest BCUT2D eigenvalue weighted by molar-refractivity contribution is 5.13.